The summed E-state index contributed by atoms with van der Waals surface area (Å²) in [4.78, 5) is 23.6. The number of carbonyl (C=O) groups excluding carboxylic acids is 1. The Balaban J connectivity index is 1.52. The molecule has 1 amide bonds. The van der Waals surface area contributed by atoms with Crippen LogP contribution in [-0.2, 0) is 4.79 Å². The molecule has 0 unspecified atom stereocenters. The Kier molecular flexibility index (Phi) is 6.37. The molecule has 1 aliphatic rings. The van der Waals surface area contributed by atoms with Crippen molar-refractivity contribution in [3.63, 3.8) is 0 Å². The lowest BCUT2D eigenvalue weighted by Gasteiger charge is -2.32. The Bertz CT molecular complexity index is 775. The summed E-state index contributed by atoms with van der Waals surface area (Å²) in [5.41, 5.74) is 5.09. The molecule has 0 bridgehead atoms. The number of thioether (sulfide) groups is 1. The molecule has 1 fully saturated rings. The van der Waals surface area contributed by atoms with Crippen LogP contribution in [0.5, 0.6) is 0 Å². The number of amides is 1. The van der Waals surface area contributed by atoms with Gasteiger partial charge in [0.05, 0.1) is 5.75 Å². The minimum absolute atomic E-state index is 0.0426. The summed E-state index contributed by atoms with van der Waals surface area (Å²) in [6.45, 7) is 10.5. The molecule has 3 rings (SSSR count). The van der Waals surface area contributed by atoms with Gasteiger partial charge in [-0.25, -0.2) is 9.97 Å². The van der Waals surface area contributed by atoms with Crippen LogP contribution in [0, 0.1) is 26.7 Å². The van der Waals surface area contributed by atoms with Gasteiger partial charge in [0, 0.05) is 35.9 Å². The molecule has 1 aromatic heterocycles. The molecule has 0 aliphatic carbocycles. The first-order valence-corrected chi connectivity index (χ1v) is 10.5. The average molecular weight is 385 g/mol. The number of anilines is 2. The summed E-state index contributed by atoms with van der Waals surface area (Å²) in [5, 5.41) is 3.61. The molecule has 0 saturated carbocycles. The Hall–Kier alpha value is -2.08. The molecule has 0 spiro atoms. The molecule has 5 nitrogen and oxygen atoms in total. The molecule has 1 N–H and O–H groups in total. The third kappa shape index (κ3) is 5.22. The SMILES string of the molecule is Cc1nc(SCC(=O)Nc2ccc(N3CCC(C)CC3)cc2)nc(C)c1C. The number of aromatic nitrogens is 2. The third-order valence-electron chi connectivity index (χ3n) is 5.24. The van der Waals surface area contributed by atoms with Crippen LogP contribution in [0.1, 0.15) is 36.7 Å². The van der Waals surface area contributed by atoms with Crippen molar-refractivity contribution in [3.8, 4) is 0 Å². The van der Waals surface area contributed by atoms with Gasteiger partial charge < -0.3 is 10.2 Å². The molecule has 0 radical (unpaired) electrons. The zero-order chi connectivity index (χ0) is 19.4. The fourth-order valence-electron chi connectivity index (χ4n) is 3.16. The van der Waals surface area contributed by atoms with Crippen LogP contribution < -0.4 is 10.2 Å². The van der Waals surface area contributed by atoms with E-state index in [0.29, 0.717) is 10.9 Å². The first-order valence-electron chi connectivity index (χ1n) is 9.52. The van der Waals surface area contributed by atoms with Crippen LogP contribution in [0.2, 0.25) is 0 Å². The molecule has 2 aromatic rings. The summed E-state index contributed by atoms with van der Waals surface area (Å²) in [6, 6.07) is 8.14. The number of hydrogen-bond acceptors (Lipinski definition) is 5. The summed E-state index contributed by atoms with van der Waals surface area (Å²) in [6.07, 6.45) is 2.49. The highest BCUT2D eigenvalue weighted by Gasteiger charge is 2.16. The summed E-state index contributed by atoms with van der Waals surface area (Å²) < 4.78 is 0. The molecule has 0 atom stereocenters. The Morgan fingerprint density at radius 1 is 1.11 bits per heavy atom. The van der Waals surface area contributed by atoms with Crippen LogP contribution in [0.25, 0.3) is 0 Å². The van der Waals surface area contributed by atoms with Gasteiger partial charge in [0.1, 0.15) is 0 Å². The normalized spacial score (nSPS) is 15.0. The van der Waals surface area contributed by atoms with Gasteiger partial charge in [-0.2, -0.15) is 0 Å². The lowest BCUT2D eigenvalue weighted by atomic mass is 9.99. The molecule has 1 saturated heterocycles. The van der Waals surface area contributed by atoms with Gasteiger partial charge in [-0.1, -0.05) is 18.7 Å². The number of piperidine rings is 1. The van der Waals surface area contributed by atoms with Gasteiger partial charge >= 0.3 is 0 Å². The summed E-state index contributed by atoms with van der Waals surface area (Å²) >= 11 is 1.37. The third-order valence-corrected chi connectivity index (χ3v) is 6.09. The van der Waals surface area contributed by atoms with E-state index in [0.717, 1.165) is 41.6 Å². The lowest BCUT2D eigenvalue weighted by Crippen LogP contribution is -2.32. The van der Waals surface area contributed by atoms with Crippen LogP contribution >= 0.6 is 11.8 Å². The monoisotopic (exact) mass is 384 g/mol. The molecule has 27 heavy (non-hydrogen) atoms. The van der Waals surface area contributed by atoms with Gasteiger partial charge in [0.2, 0.25) is 5.91 Å². The largest absolute Gasteiger partial charge is 0.372 e. The van der Waals surface area contributed by atoms with E-state index in [4.69, 9.17) is 0 Å². The van der Waals surface area contributed by atoms with Crippen molar-refractivity contribution in [2.45, 2.75) is 45.7 Å². The van der Waals surface area contributed by atoms with E-state index < -0.39 is 0 Å². The van der Waals surface area contributed by atoms with E-state index in [2.05, 4.69) is 39.2 Å². The predicted octanol–water partition coefficient (Wildman–Crippen LogP) is 4.37. The van der Waals surface area contributed by atoms with Gasteiger partial charge in [-0.05, 0) is 69.4 Å². The maximum absolute atomic E-state index is 12.2. The Labute approximate surface area is 166 Å². The standard InChI is InChI=1S/C21H28N4OS/c1-14-9-11-25(12-10-14)19-7-5-18(6-8-19)24-20(26)13-27-21-22-16(3)15(2)17(4)23-21/h5-8,14H,9-13H2,1-4H3,(H,24,26). The number of rotatable bonds is 5. The number of aryl methyl sites for hydroxylation is 2. The second-order valence-corrected chi connectivity index (χ2v) is 8.30. The smallest absolute Gasteiger partial charge is 0.234 e. The van der Waals surface area contributed by atoms with E-state index in [1.54, 1.807) is 0 Å². The average Bonchev–Trinajstić information content (AvgIpc) is 2.65. The maximum Gasteiger partial charge on any atom is 0.234 e. The molecule has 1 aliphatic heterocycles. The summed E-state index contributed by atoms with van der Waals surface area (Å²) in [5.74, 6) is 1.08. The van der Waals surface area contributed by atoms with E-state index in [-0.39, 0.29) is 5.91 Å². The van der Waals surface area contributed by atoms with Crippen molar-refractivity contribution in [3.05, 3.63) is 41.2 Å². The first-order chi connectivity index (χ1) is 12.9. The number of nitrogens with one attached hydrogen (secondary N) is 1. The number of hydrogen-bond donors (Lipinski definition) is 1. The van der Waals surface area contributed by atoms with Crippen molar-refractivity contribution in [1.29, 1.82) is 0 Å². The Morgan fingerprint density at radius 2 is 1.70 bits per heavy atom. The molecule has 144 valence electrons. The number of benzene rings is 1. The van der Waals surface area contributed by atoms with Crippen LogP contribution in [-0.4, -0.2) is 34.7 Å². The van der Waals surface area contributed by atoms with Crippen molar-refractivity contribution in [2.24, 2.45) is 5.92 Å². The molecular weight excluding hydrogens is 356 g/mol. The van der Waals surface area contributed by atoms with Crippen LogP contribution in [0.15, 0.2) is 29.4 Å². The molecular formula is C21H28N4OS. The van der Waals surface area contributed by atoms with Crippen molar-refractivity contribution < 1.29 is 4.79 Å². The van der Waals surface area contributed by atoms with Gasteiger partial charge in [-0.3, -0.25) is 4.79 Å². The zero-order valence-corrected chi connectivity index (χ0v) is 17.4. The lowest BCUT2D eigenvalue weighted by molar-refractivity contribution is -0.113. The second kappa shape index (κ2) is 8.74. The summed E-state index contributed by atoms with van der Waals surface area (Å²) in [7, 11) is 0. The number of carbonyl (C=O) groups is 1. The molecule has 6 heteroatoms. The quantitative estimate of drug-likeness (QED) is 0.613. The van der Waals surface area contributed by atoms with E-state index in [1.165, 1.54) is 30.3 Å². The fourth-order valence-corrected chi connectivity index (χ4v) is 3.89. The van der Waals surface area contributed by atoms with Crippen molar-refractivity contribution in [1.82, 2.24) is 9.97 Å². The van der Waals surface area contributed by atoms with Crippen LogP contribution in [0.4, 0.5) is 11.4 Å². The van der Waals surface area contributed by atoms with Gasteiger partial charge in [0.15, 0.2) is 5.16 Å². The number of nitrogens with zero attached hydrogens (tertiary/aromatic N) is 3. The molecule has 2 heterocycles. The second-order valence-electron chi connectivity index (χ2n) is 7.36. The van der Waals surface area contributed by atoms with Crippen LogP contribution in [0.3, 0.4) is 0 Å². The van der Waals surface area contributed by atoms with Crippen molar-refractivity contribution >= 4 is 29.0 Å². The predicted molar refractivity (Wildman–Crippen MR) is 113 cm³/mol. The van der Waals surface area contributed by atoms with Crippen molar-refractivity contribution in [2.75, 3.05) is 29.1 Å². The first kappa shape index (κ1) is 19.7. The Morgan fingerprint density at radius 3 is 2.30 bits per heavy atom. The van der Waals surface area contributed by atoms with E-state index in [1.807, 2.05) is 32.9 Å². The highest BCUT2D eigenvalue weighted by molar-refractivity contribution is 7.99. The minimum atomic E-state index is -0.0426. The van der Waals surface area contributed by atoms with E-state index >= 15 is 0 Å². The topological polar surface area (TPSA) is 58.1 Å². The highest BCUT2D eigenvalue weighted by Crippen LogP contribution is 2.24. The maximum atomic E-state index is 12.2. The van der Waals surface area contributed by atoms with E-state index in [9.17, 15) is 4.79 Å². The fraction of sp³-hybridized carbons (Fsp3) is 0.476. The molecule has 1 aromatic carbocycles. The van der Waals surface area contributed by atoms with Gasteiger partial charge in [-0.15, -0.1) is 0 Å². The highest BCUT2D eigenvalue weighted by atomic mass is 32.2. The van der Waals surface area contributed by atoms with Gasteiger partial charge in [0.25, 0.3) is 0 Å². The minimum Gasteiger partial charge on any atom is -0.372 e. The zero-order valence-electron chi connectivity index (χ0n) is 16.6.